The molecule has 4 aromatic rings. The Hall–Kier alpha value is -3.43. The molecule has 0 aliphatic carbocycles. The summed E-state index contributed by atoms with van der Waals surface area (Å²) in [6, 6.07) is 14.6. The van der Waals surface area contributed by atoms with Crippen LogP contribution >= 0.6 is 0 Å². The minimum atomic E-state index is -3.75. The molecular weight excluding hydrogens is 381 g/mol. The summed E-state index contributed by atoms with van der Waals surface area (Å²) in [5, 5.41) is 8.89. The monoisotopic (exact) mass is 395 g/mol. The van der Waals surface area contributed by atoms with E-state index in [0.29, 0.717) is 28.3 Å². The number of nitrogens with zero attached hydrogens (tertiary/aromatic N) is 3. The smallest absolute Gasteiger partial charge is 0.238 e. The van der Waals surface area contributed by atoms with Gasteiger partial charge < -0.3 is 5.32 Å². The highest BCUT2D eigenvalue weighted by Gasteiger charge is 2.09. The van der Waals surface area contributed by atoms with Gasteiger partial charge >= 0.3 is 0 Å². The molecule has 0 saturated carbocycles. The standard InChI is InChI=1S/C19H14FN5O2S/c20-18-16(2-1-9-22-18)12-3-4-13-11-23-19(25-17(13)10-12)24-14-5-7-15(8-6-14)28(21,26)27/h1-11H,(H2,21,26,27)(H,23,24,25). The first-order valence-electron chi connectivity index (χ1n) is 8.18. The van der Waals surface area contributed by atoms with E-state index in [1.807, 2.05) is 6.07 Å². The summed E-state index contributed by atoms with van der Waals surface area (Å²) in [5.74, 6) is -0.233. The molecule has 0 radical (unpaired) electrons. The lowest BCUT2D eigenvalue weighted by molar-refractivity contribution is 0.587. The van der Waals surface area contributed by atoms with Crippen molar-refractivity contribution in [2.75, 3.05) is 5.32 Å². The Morgan fingerprint density at radius 2 is 1.79 bits per heavy atom. The first kappa shape index (κ1) is 18.0. The molecule has 0 fully saturated rings. The number of sulfonamides is 1. The van der Waals surface area contributed by atoms with Crippen molar-refractivity contribution in [2.45, 2.75) is 4.90 Å². The Morgan fingerprint density at radius 3 is 2.50 bits per heavy atom. The first-order chi connectivity index (χ1) is 13.4. The number of fused-ring (bicyclic) bond motifs is 1. The topological polar surface area (TPSA) is 111 Å². The Bertz CT molecular complexity index is 1280. The molecule has 0 spiro atoms. The number of aromatic nitrogens is 3. The van der Waals surface area contributed by atoms with E-state index in [0.717, 1.165) is 5.39 Å². The van der Waals surface area contributed by atoms with Gasteiger partial charge in [-0.2, -0.15) is 4.39 Å². The number of rotatable bonds is 4. The zero-order valence-electron chi connectivity index (χ0n) is 14.4. The number of benzene rings is 2. The van der Waals surface area contributed by atoms with Crippen molar-refractivity contribution in [2.24, 2.45) is 5.14 Å². The van der Waals surface area contributed by atoms with Crippen LogP contribution in [0.3, 0.4) is 0 Å². The van der Waals surface area contributed by atoms with Crippen LogP contribution < -0.4 is 10.5 Å². The van der Waals surface area contributed by atoms with Crippen LogP contribution in [0.4, 0.5) is 16.0 Å². The predicted octanol–water partition coefficient (Wildman–Crippen LogP) is 3.22. The molecule has 0 unspecified atom stereocenters. The van der Waals surface area contributed by atoms with Gasteiger partial charge in [0.25, 0.3) is 0 Å². The van der Waals surface area contributed by atoms with E-state index < -0.39 is 16.0 Å². The lowest BCUT2D eigenvalue weighted by atomic mass is 10.1. The molecule has 0 aliphatic rings. The fourth-order valence-corrected chi connectivity index (χ4v) is 3.22. The molecule has 0 bridgehead atoms. The normalized spacial score (nSPS) is 11.5. The number of halogens is 1. The Balaban J connectivity index is 1.66. The fourth-order valence-electron chi connectivity index (χ4n) is 2.71. The van der Waals surface area contributed by atoms with E-state index in [-0.39, 0.29) is 4.90 Å². The molecule has 2 aromatic heterocycles. The van der Waals surface area contributed by atoms with Crippen LogP contribution in [0.1, 0.15) is 0 Å². The molecule has 0 aliphatic heterocycles. The molecule has 9 heteroatoms. The summed E-state index contributed by atoms with van der Waals surface area (Å²) >= 11 is 0. The van der Waals surface area contributed by atoms with Crippen molar-refractivity contribution in [1.29, 1.82) is 0 Å². The highest BCUT2D eigenvalue weighted by Crippen LogP contribution is 2.25. The molecule has 0 saturated heterocycles. The van der Waals surface area contributed by atoms with Gasteiger partial charge in [-0.05, 0) is 48.0 Å². The summed E-state index contributed by atoms with van der Waals surface area (Å²) in [6.45, 7) is 0. The Kier molecular flexibility index (Phi) is 4.46. The van der Waals surface area contributed by atoms with Crippen LogP contribution in [-0.2, 0) is 10.0 Å². The largest absolute Gasteiger partial charge is 0.324 e. The molecule has 0 atom stereocenters. The van der Waals surface area contributed by atoms with Crippen LogP contribution in [0.2, 0.25) is 0 Å². The van der Waals surface area contributed by atoms with Gasteiger partial charge in [-0.3, -0.25) is 0 Å². The minimum absolute atomic E-state index is 0.0145. The third kappa shape index (κ3) is 3.66. The highest BCUT2D eigenvalue weighted by atomic mass is 32.2. The average Bonchev–Trinajstić information content (AvgIpc) is 2.67. The van der Waals surface area contributed by atoms with Crippen LogP contribution in [0.15, 0.2) is 71.9 Å². The minimum Gasteiger partial charge on any atom is -0.324 e. The SMILES string of the molecule is NS(=O)(=O)c1ccc(Nc2ncc3ccc(-c4cccnc4F)cc3n2)cc1. The number of nitrogens with one attached hydrogen (secondary N) is 1. The van der Waals surface area contributed by atoms with Gasteiger partial charge in [0.15, 0.2) is 0 Å². The number of nitrogens with two attached hydrogens (primary N) is 1. The van der Waals surface area contributed by atoms with Crippen molar-refractivity contribution in [3.8, 4) is 11.1 Å². The summed E-state index contributed by atoms with van der Waals surface area (Å²) in [7, 11) is -3.75. The van der Waals surface area contributed by atoms with Gasteiger partial charge in [0.2, 0.25) is 21.9 Å². The van der Waals surface area contributed by atoms with Crippen molar-refractivity contribution in [3.05, 3.63) is 72.9 Å². The average molecular weight is 395 g/mol. The molecule has 140 valence electrons. The quantitative estimate of drug-likeness (QED) is 0.513. The Labute approximate surface area is 160 Å². The molecule has 2 heterocycles. The van der Waals surface area contributed by atoms with Gasteiger partial charge in [0.1, 0.15) is 0 Å². The highest BCUT2D eigenvalue weighted by molar-refractivity contribution is 7.89. The number of pyridine rings is 1. The number of anilines is 2. The van der Waals surface area contributed by atoms with Crippen LogP contribution in [-0.4, -0.2) is 23.4 Å². The van der Waals surface area contributed by atoms with Gasteiger partial charge in [-0.1, -0.05) is 12.1 Å². The molecule has 4 rings (SSSR count). The molecule has 7 nitrogen and oxygen atoms in total. The van der Waals surface area contributed by atoms with Crippen LogP contribution in [0, 0.1) is 5.95 Å². The summed E-state index contributed by atoms with van der Waals surface area (Å²) in [6.07, 6.45) is 3.04. The van der Waals surface area contributed by atoms with Crippen molar-refractivity contribution < 1.29 is 12.8 Å². The summed E-state index contributed by atoms with van der Waals surface area (Å²) < 4.78 is 36.6. The maximum Gasteiger partial charge on any atom is 0.238 e. The predicted molar refractivity (Wildman–Crippen MR) is 104 cm³/mol. The zero-order chi connectivity index (χ0) is 19.7. The van der Waals surface area contributed by atoms with Gasteiger partial charge in [0, 0.05) is 29.0 Å². The maximum absolute atomic E-state index is 14.0. The second-order valence-corrected chi connectivity index (χ2v) is 7.56. The van der Waals surface area contributed by atoms with E-state index in [1.165, 1.54) is 18.3 Å². The van der Waals surface area contributed by atoms with E-state index >= 15 is 0 Å². The number of hydrogen-bond acceptors (Lipinski definition) is 6. The summed E-state index contributed by atoms with van der Waals surface area (Å²) in [4.78, 5) is 12.4. The van der Waals surface area contributed by atoms with E-state index in [1.54, 1.807) is 42.6 Å². The van der Waals surface area contributed by atoms with Crippen molar-refractivity contribution in [1.82, 2.24) is 15.0 Å². The number of hydrogen-bond donors (Lipinski definition) is 2. The van der Waals surface area contributed by atoms with Crippen molar-refractivity contribution >= 4 is 32.6 Å². The summed E-state index contributed by atoms with van der Waals surface area (Å²) in [5.41, 5.74) is 2.26. The first-order valence-corrected chi connectivity index (χ1v) is 9.72. The van der Waals surface area contributed by atoms with Gasteiger partial charge in [-0.25, -0.2) is 28.5 Å². The van der Waals surface area contributed by atoms with E-state index in [2.05, 4.69) is 20.3 Å². The zero-order valence-corrected chi connectivity index (χ0v) is 15.2. The molecule has 0 amide bonds. The molecule has 28 heavy (non-hydrogen) atoms. The van der Waals surface area contributed by atoms with Crippen LogP contribution in [0.25, 0.3) is 22.0 Å². The van der Waals surface area contributed by atoms with E-state index in [4.69, 9.17) is 5.14 Å². The molecule has 2 aromatic carbocycles. The second-order valence-electron chi connectivity index (χ2n) is 6.00. The fraction of sp³-hybridized carbons (Fsp3) is 0. The third-order valence-electron chi connectivity index (χ3n) is 4.09. The molecular formula is C19H14FN5O2S. The lowest BCUT2D eigenvalue weighted by Gasteiger charge is -2.08. The van der Waals surface area contributed by atoms with Crippen molar-refractivity contribution in [3.63, 3.8) is 0 Å². The van der Waals surface area contributed by atoms with Gasteiger partial charge in [-0.15, -0.1) is 0 Å². The maximum atomic E-state index is 14.0. The van der Waals surface area contributed by atoms with Gasteiger partial charge in [0.05, 0.1) is 10.4 Å². The van der Waals surface area contributed by atoms with E-state index in [9.17, 15) is 12.8 Å². The van der Waals surface area contributed by atoms with Crippen LogP contribution in [0.5, 0.6) is 0 Å². The second kappa shape index (κ2) is 6.95. The third-order valence-corrected chi connectivity index (χ3v) is 5.02. The molecule has 3 N–H and O–H groups in total. The Morgan fingerprint density at radius 1 is 1.00 bits per heavy atom. The lowest BCUT2D eigenvalue weighted by Crippen LogP contribution is -2.11. The number of primary sulfonamides is 1.